The van der Waals surface area contributed by atoms with Crippen LogP contribution < -0.4 is 4.72 Å². The highest BCUT2D eigenvalue weighted by atomic mass is 35.5. The first-order chi connectivity index (χ1) is 13.3. The molecule has 0 saturated carbocycles. The van der Waals surface area contributed by atoms with Crippen LogP contribution >= 0.6 is 11.6 Å². The zero-order valence-corrected chi connectivity index (χ0v) is 16.8. The van der Waals surface area contributed by atoms with E-state index in [1.165, 1.54) is 24.3 Å². The van der Waals surface area contributed by atoms with Gasteiger partial charge in [0.2, 0.25) is 10.0 Å². The molecule has 1 aliphatic heterocycles. The average Bonchev–Trinajstić information content (AvgIpc) is 2.64. The van der Waals surface area contributed by atoms with E-state index < -0.39 is 27.7 Å². The number of benzene rings is 2. The number of hydrogen-bond acceptors (Lipinski definition) is 4. The largest absolute Gasteiger partial charge is 0.376 e. The highest BCUT2D eigenvalue weighted by Crippen LogP contribution is 2.31. The fourth-order valence-corrected chi connectivity index (χ4v) is 4.58. The molecule has 3 rings (SSSR count). The van der Waals surface area contributed by atoms with Gasteiger partial charge in [-0.1, -0.05) is 17.7 Å². The van der Waals surface area contributed by atoms with E-state index in [1.54, 1.807) is 6.07 Å². The third-order valence-electron chi connectivity index (χ3n) is 4.64. The maximum Gasteiger partial charge on any atom is 0.240 e. The van der Waals surface area contributed by atoms with Crippen LogP contribution in [0.5, 0.6) is 0 Å². The Hall–Kier alpha value is -1.58. The molecule has 152 valence electrons. The molecule has 5 nitrogen and oxygen atoms in total. The Morgan fingerprint density at radius 3 is 2.61 bits per heavy atom. The molecular formula is C19H21ClF2N2O3S. The second-order valence-corrected chi connectivity index (χ2v) is 8.81. The summed E-state index contributed by atoms with van der Waals surface area (Å²) in [5.74, 6) is -1.03. The average molecular weight is 431 g/mol. The van der Waals surface area contributed by atoms with Crippen molar-refractivity contribution < 1.29 is 21.9 Å². The van der Waals surface area contributed by atoms with Crippen LogP contribution in [-0.2, 0) is 14.8 Å². The minimum Gasteiger partial charge on any atom is -0.376 e. The summed E-state index contributed by atoms with van der Waals surface area (Å²) in [6, 6.07) is 8.27. The van der Waals surface area contributed by atoms with Crippen molar-refractivity contribution in [1.29, 1.82) is 0 Å². The molecule has 0 radical (unpaired) electrons. The van der Waals surface area contributed by atoms with Gasteiger partial charge in [0.25, 0.3) is 0 Å². The molecule has 1 fully saturated rings. The number of morpholine rings is 1. The maximum atomic E-state index is 14.6. The van der Waals surface area contributed by atoms with Crippen LogP contribution in [0.4, 0.5) is 8.78 Å². The lowest BCUT2D eigenvalue weighted by atomic mass is 10.0. The summed E-state index contributed by atoms with van der Waals surface area (Å²) in [5, 5.41) is 0.227. The molecule has 0 aromatic heterocycles. The summed E-state index contributed by atoms with van der Waals surface area (Å²) in [6.45, 7) is 3.28. The van der Waals surface area contributed by atoms with Crippen LogP contribution in [0.25, 0.3) is 0 Å². The third kappa shape index (κ3) is 4.87. The number of rotatable bonds is 6. The minimum atomic E-state index is -3.90. The monoisotopic (exact) mass is 430 g/mol. The number of sulfonamides is 1. The molecule has 0 spiro atoms. The molecule has 2 unspecified atom stereocenters. The number of nitrogens with one attached hydrogen (secondary N) is 1. The zero-order chi connectivity index (χ0) is 20.3. The predicted molar refractivity (Wildman–Crippen MR) is 103 cm³/mol. The highest BCUT2D eigenvalue weighted by molar-refractivity contribution is 7.89. The van der Waals surface area contributed by atoms with Crippen molar-refractivity contribution in [2.45, 2.75) is 24.0 Å². The lowest BCUT2D eigenvalue weighted by Gasteiger charge is -2.38. The van der Waals surface area contributed by atoms with Gasteiger partial charge in [-0.3, -0.25) is 4.90 Å². The first kappa shape index (κ1) is 21.1. The topological polar surface area (TPSA) is 58.6 Å². The van der Waals surface area contributed by atoms with Crippen LogP contribution in [-0.4, -0.2) is 45.7 Å². The molecule has 28 heavy (non-hydrogen) atoms. The van der Waals surface area contributed by atoms with Crippen LogP contribution in [0, 0.1) is 11.6 Å². The van der Waals surface area contributed by atoms with E-state index in [-0.39, 0.29) is 28.1 Å². The SMILES string of the molecule is CC1CN(C(CNS(=O)(=O)c2ccc(F)cc2)c2c(F)cccc2Cl)CCO1. The van der Waals surface area contributed by atoms with Gasteiger partial charge in [-0.2, -0.15) is 0 Å². The van der Waals surface area contributed by atoms with Crippen molar-refractivity contribution >= 4 is 21.6 Å². The maximum absolute atomic E-state index is 14.6. The van der Waals surface area contributed by atoms with Crippen molar-refractivity contribution in [3.63, 3.8) is 0 Å². The standard InChI is InChI=1S/C19H21ClF2N2O3S/c1-13-12-24(9-10-27-13)18(19-16(20)3-2-4-17(19)22)11-23-28(25,26)15-7-5-14(21)6-8-15/h2-8,13,18,23H,9-12H2,1H3. The Labute approximate surface area is 168 Å². The van der Waals surface area contributed by atoms with E-state index in [1.807, 2.05) is 11.8 Å². The Bertz CT molecular complexity index is 905. The molecule has 1 saturated heterocycles. The van der Waals surface area contributed by atoms with E-state index in [0.29, 0.717) is 19.7 Å². The summed E-state index contributed by atoms with van der Waals surface area (Å²) in [4.78, 5) is 1.88. The summed E-state index contributed by atoms with van der Waals surface area (Å²) in [5.41, 5.74) is 0.236. The molecule has 9 heteroatoms. The molecule has 0 aliphatic carbocycles. The number of nitrogens with zero attached hydrogens (tertiary/aromatic N) is 1. The second-order valence-electron chi connectivity index (χ2n) is 6.63. The van der Waals surface area contributed by atoms with Crippen molar-refractivity contribution in [2.75, 3.05) is 26.2 Å². The van der Waals surface area contributed by atoms with Gasteiger partial charge in [0.1, 0.15) is 11.6 Å². The number of hydrogen-bond donors (Lipinski definition) is 1. The Morgan fingerprint density at radius 2 is 1.96 bits per heavy atom. The van der Waals surface area contributed by atoms with Crippen LogP contribution in [0.1, 0.15) is 18.5 Å². The molecule has 2 atom stereocenters. The van der Waals surface area contributed by atoms with Crippen LogP contribution in [0.3, 0.4) is 0 Å². The molecule has 1 N–H and O–H groups in total. The smallest absolute Gasteiger partial charge is 0.240 e. The van der Waals surface area contributed by atoms with Crippen molar-refractivity contribution in [2.24, 2.45) is 0 Å². The second kappa shape index (κ2) is 8.84. The summed E-state index contributed by atoms with van der Waals surface area (Å²) in [7, 11) is -3.90. The van der Waals surface area contributed by atoms with E-state index >= 15 is 0 Å². The van der Waals surface area contributed by atoms with E-state index in [9.17, 15) is 17.2 Å². The first-order valence-electron chi connectivity index (χ1n) is 8.83. The molecule has 1 heterocycles. The summed E-state index contributed by atoms with van der Waals surface area (Å²) >= 11 is 6.25. The lowest BCUT2D eigenvalue weighted by Crippen LogP contribution is -2.46. The van der Waals surface area contributed by atoms with E-state index in [0.717, 1.165) is 12.1 Å². The predicted octanol–water partition coefficient (Wildman–Crippen LogP) is 3.36. The summed E-state index contributed by atoms with van der Waals surface area (Å²) < 4.78 is 60.9. The molecule has 1 aliphatic rings. The van der Waals surface area contributed by atoms with Gasteiger partial charge < -0.3 is 4.74 Å². The molecule has 2 aromatic rings. The normalized spacial score (nSPS) is 19.5. The number of halogens is 3. The first-order valence-corrected chi connectivity index (χ1v) is 10.7. The van der Waals surface area contributed by atoms with E-state index in [2.05, 4.69) is 4.72 Å². The fourth-order valence-electron chi connectivity index (χ4n) is 3.26. The van der Waals surface area contributed by atoms with Gasteiger partial charge in [-0.25, -0.2) is 21.9 Å². The third-order valence-corrected chi connectivity index (χ3v) is 6.41. The Morgan fingerprint density at radius 1 is 1.25 bits per heavy atom. The highest BCUT2D eigenvalue weighted by Gasteiger charge is 2.30. The lowest BCUT2D eigenvalue weighted by molar-refractivity contribution is -0.0342. The van der Waals surface area contributed by atoms with Gasteiger partial charge >= 0.3 is 0 Å². The fraction of sp³-hybridized carbons (Fsp3) is 0.368. The van der Waals surface area contributed by atoms with Gasteiger partial charge in [0.15, 0.2) is 0 Å². The number of ether oxygens (including phenoxy) is 1. The van der Waals surface area contributed by atoms with Crippen LogP contribution in [0.15, 0.2) is 47.4 Å². The zero-order valence-electron chi connectivity index (χ0n) is 15.2. The Kier molecular flexibility index (Phi) is 6.67. The molecule has 0 amide bonds. The van der Waals surface area contributed by atoms with Crippen molar-refractivity contribution in [3.8, 4) is 0 Å². The quantitative estimate of drug-likeness (QED) is 0.763. The van der Waals surface area contributed by atoms with Crippen molar-refractivity contribution in [1.82, 2.24) is 9.62 Å². The van der Waals surface area contributed by atoms with Gasteiger partial charge in [-0.05, 0) is 43.3 Å². The van der Waals surface area contributed by atoms with Crippen LogP contribution in [0.2, 0.25) is 5.02 Å². The van der Waals surface area contributed by atoms with Gasteiger partial charge in [0, 0.05) is 30.2 Å². The molecule has 0 bridgehead atoms. The van der Waals surface area contributed by atoms with Crippen molar-refractivity contribution in [3.05, 3.63) is 64.7 Å². The molecular weight excluding hydrogens is 410 g/mol. The van der Waals surface area contributed by atoms with Gasteiger partial charge in [0.05, 0.1) is 23.6 Å². The van der Waals surface area contributed by atoms with Gasteiger partial charge in [-0.15, -0.1) is 0 Å². The molecule has 2 aromatic carbocycles. The van der Waals surface area contributed by atoms with E-state index in [4.69, 9.17) is 16.3 Å². The minimum absolute atomic E-state index is 0.0670. The Balaban J connectivity index is 1.88. The summed E-state index contributed by atoms with van der Waals surface area (Å²) in [6.07, 6.45) is -0.0736.